The van der Waals surface area contributed by atoms with Gasteiger partial charge in [-0.2, -0.15) is 5.10 Å². The lowest BCUT2D eigenvalue weighted by atomic mass is 9.93. The van der Waals surface area contributed by atoms with Crippen LogP contribution in [0.2, 0.25) is 0 Å². The van der Waals surface area contributed by atoms with Gasteiger partial charge in [0.25, 0.3) is 5.91 Å². The van der Waals surface area contributed by atoms with Crippen molar-refractivity contribution in [2.24, 2.45) is 0 Å². The Kier molecular flexibility index (Phi) is 5.42. The van der Waals surface area contributed by atoms with E-state index in [2.05, 4.69) is 5.32 Å². The summed E-state index contributed by atoms with van der Waals surface area (Å²) in [5.41, 5.74) is 2.40. The molecule has 154 valence electrons. The topological polar surface area (TPSA) is 79.7 Å². The molecule has 0 unspecified atom stereocenters. The molecule has 1 fully saturated rings. The summed E-state index contributed by atoms with van der Waals surface area (Å²) in [4.78, 5) is 28.6. The normalized spacial score (nSPS) is 17.7. The molecule has 8 heteroatoms. The van der Waals surface area contributed by atoms with Crippen molar-refractivity contribution >= 4 is 17.6 Å². The highest BCUT2D eigenvalue weighted by atomic mass is 16.5. The van der Waals surface area contributed by atoms with Crippen LogP contribution in [0.5, 0.6) is 5.75 Å². The average Bonchev–Trinajstić information content (AvgIpc) is 3.12. The Morgan fingerprint density at radius 2 is 1.86 bits per heavy atom. The second-order valence-electron chi connectivity index (χ2n) is 7.68. The van der Waals surface area contributed by atoms with Crippen molar-refractivity contribution in [2.75, 3.05) is 39.1 Å². The fourth-order valence-corrected chi connectivity index (χ4v) is 3.99. The van der Waals surface area contributed by atoms with Gasteiger partial charge in [0, 0.05) is 44.8 Å². The van der Waals surface area contributed by atoms with Gasteiger partial charge in [0.05, 0.1) is 12.8 Å². The van der Waals surface area contributed by atoms with Crippen LogP contribution in [0.4, 0.5) is 10.5 Å². The lowest BCUT2D eigenvalue weighted by molar-refractivity contribution is 0.0796. The number of anilines is 1. The first-order valence-corrected chi connectivity index (χ1v) is 10.1. The second kappa shape index (κ2) is 8.14. The number of fused-ring (bicyclic) bond motifs is 1. The molecule has 8 nitrogen and oxygen atoms in total. The number of ether oxygens (including phenoxy) is 1. The van der Waals surface area contributed by atoms with Gasteiger partial charge in [0.1, 0.15) is 11.4 Å². The van der Waals surface area contributed by atoms with Gasteiger partial charge in [-0.05, 0) is 49.6 Å². The van der Waals surface area contributed by atoms with Crippen molar-refractivity contribution in [1.29, 1.82) is 0 Å². The smallest absolute Gasteiger partial charge is 0.321 e. The summed E-state index contributed by atoms with van der Waals surface area (Å²) in [7, 11) is 3.45. The molecule has 0 radical (unpaired) electrons. The first-order valence-electron chi connectivity index (χ1n) is 10.1. The first-order chi connectivity index (χ1) is 14.0. The minimum Gasteiger partial charge on any atom is -0.497 e. The predicted molar refractivity (Wildman–Crippen MR) is 109 cm³/mol. The molecule has 0 bridgehead atoms. The molecule has 1 aromatic heterocycles. The maximum Gasteiger partial charge on any atom is 0.321 e. The zero-order chi connectivity index (χ0) is 20.4. The monoisotopic (exact) mass is 397 g/mol. The van der Waals surface area contributed by atoms with Crippen molar-refractivity contribution in [3.63, 3.8) is 0 Å². The quantitative estimate of drug-likeness (QED) is 0.864. The number of hydrogen-bond acceptors (Lipinski definition) is 4. The zero-order valence-corrected chi connectivity index (χ0v) is 16.9. The third-order valence-electron chi connectivity index (χ3n) is 5.77. The van der Waals surface area contributed by atoms with Crippen LogP contribution in [-0.2, 0) is 6.54 Å². The third kappa shape index (κ3) is 4.06. The number of amides is 3. The minimum atomic E-state index is -0.0916. The summed E-state index contributed by atoms with van der Waals surface area (Å²) in [6.07, 6.45) is 2.60. The third-order valence-corrected chi connectivity index (χ3v) is 5.77. The van der Waals surface area contributed by atoms with E-state index in [0.29, 0.717) is 18.8 Å². The van der Waals surface area contributed by atoms with E-state index in [9.17, 15) is 9.59 Å². The van der Waals surface area contributed by atoms with E-state index in [0.717, 1.165) is 49.5 Å². The van der Waals surface area contributed by atoms with Gasteiger partial charge in [-0.25, -0.2) is 4.79 Å². The highest BCUT2D eigenvalue weighted by Gasteiger charge is 2.28. The number of benzene rings is 1. The van der Waals surface area contributed by atoms with Gasteiger partial charge in [-0.1, -0.05) is 0 Å². The molecule has 2 aromatic rings. The van der Waals surface area contributed by atoms with Crippen LogP contribution >= 0.6 is 0 Å². The predicted octanol–water partition coefficient (Wildman–Crippen LogP) is 2.78. The average molecular weight is 397 g/mol. The van der Waals surface area contributed by atoms with E-state index in [1.807, 2.05) is 47.0 Å². The van der Waals surface area contributed by atoms with E-state index in [1.54, 1.807) is 12.0 Å². The number of nitrogens with zero attached hydrogens (tertiary/aromatic N) is 4. The number of methoxy groups -OCH3 is 1. The van der Waals surface area contributed by atoms with Crippen molar-refractivity contribution in [3.8, 4) is 5.75 Å². The van der Waals surface area contributed by atoms with Crippen LogP contribution in [0.25, 0.3) is 0 Å². The summed E-state index contributed by atoms with van der Waals surface area (Å²) < 4.78 is 6.99. The molecular weight excluding hydrogens is 370 g/mol. The van der Waals surface area contributed by atoms with E-state index in [-0.39, 0.29) is 17.9 Å². The molecule has 2 aliphatic rings. The van der Waals surface area contributed by atoms with Crippen LogP contribution < -0.4 is 10.1 Å². The van der Waals surface area contributed by atoms with E-state index in [4.69, 9.17) is 9.84 Å². The molecule has 1 saturated heterocycles. The molecule has 3 heterocycles. The number of piperidine rings is 1. The van der Waals surface area contributed by atoms with Crippen LogP contribution in [-0.4, -0.2) is 65.3 Å². The van der Waals surface area contributed by atoms with Crippen molar-refractivity contribution in [3.05, 3.63) is 41.7 Å². The summed E-state index contributed by atoms with van der Waals surface area (Å²) in [6, 6.07) is 9.16. The molecule has 29 heavy (non-hydrogen) atoms. The van der Waals surface area contributed by atoms with Crippen LogP contribution in [0.3, 0.4) is 0 Å². The molecule has 2 aliphatic heterocycles. The summed E-state index contributed by atoms with van der Waals surface area (Å²) >= 11 is 0. The maximum absolute atomic E-state index is 12.6. The second-order valence-corrected chi connectivity index (χ2v) is 7.68. The lowest BCUT2D eigenvalue weighted by Crippen LogP contribution is -2.40. The Bertz CT molecular complexity index is 884. The van der Waals surface area contributed by atoms with Crippen molar-refractivity contribution < 1.29 is 14.3 Å². The molecular formula is C21H27N5O3. The van der Waals surface area contributed by atoms with Crippen molar-refractivity contribution in [2.45, 2.75) is 31.7 Å². The molecule has 0 spiro atoms. The molecule has 4 rings (SSSR count). The van der Waals surface area contributed by atoms with Crippen LogP contribution in [0.1, 0.15) is 41.4 Å². The molecule has 1 N–H and O–H groups in total. The number of carbonyl (C=O) groups excluding carboxylic acids is 2. The van der Waals surface area contributed by atoms with Gasteiger partial charge in [0.15, 0.2) is 0 Å². The Morgan fingerprint density at radius 3 is 2.55 bits per heavy atom. The lowest BCUT2D eigenvalue weighted by Gasteiger charge is -2.31. The largest absolute Gasteiger partial charge is 0.497 e. The summed E-state index contributed by atoms with van der Waals surface area (Å²) in [5.74, 6) is 1.07. The Balaban J connectivity index is 1.36. The molecule has 3 amide bonds. The fraction of sp³-hybridized carbons (Fsp3) is 0.476. The van der Waals surface area contributed by atoms with E-state index in [1.165, 1.54) is 0 Å². The van der Waals surface area contributed by atoms with Gasteiger partial charge in [-0.15, -0.1) is 0 Å². The standard InChI is InChI=1S/C21H27N5O3/c1-24-10-3-11-26-19(20(24)27)14-18(23-26)15-8-12-25(13-9-15)21(28)22-16-4-6-17(29-2)7-5-16/h4-7,14-15H,3,8-13H2,1-2H3,(H,22,28). The van der Waals surface area contributed by atoms with Crippen molar-refractivity contribution in [1.82, 2.24) is 19.6 Å². The fourth-order valence-electron chi connectivity index (χ4n) is 3.99. The van der Waals surface area contributed by atoms with Crippen LogP contribution in [0.15, 0.2) is 30.3 Å². The Labute approximate surface area is 170 Å². The van der Waals surface area contributed by atoms with E-state index >= 15 is 0 Å². The van der Waals surface area contributed by atoms with Crippen LogP contribution in [0, 0.1) is 0 Å². The number of likely N-dealkylation sites (tertiary alicyclic amines) is 1. The number of aromatic nitrogens is 2. The van der Waals surface area contributed by atoms with Gasteiger partial charge in [-0.3, -0.25) is 9.48 Å². The minimum absolute atomic E-state index is 0.0394. The van der Waals surface area contributed by atoms with Gasteiger partial charge >= 0.3 is 6.03 Å². The molecule has 0 saturated carbocycles. The molecule has 1 aromatic carbocycles. The highest BCUT2D eigenvalue weighted by Crippen LogP contribution is 2.29. The number of hydrogen-bond donors (Lipinski definition) is 1. The number of carbonyl (C=O) groups is 2. The molecule has 0 aliphatic carbocycles. The number of rotatable bonds is 3. The van der Waals surface area contributed by atoms with Gasteiger partial charge < -0.3 is 19.9 Å². The van der Waals surface area contributed by atoms with E-state index < -0.39 is 0 Å². The number of aryl methyl sites for hydroxylation is 1. The maximum atomic E-state index is 12.6. The SMILES string of the molecule is COc1ccc(NC(=O)N2CCC(c3cc4n(n3)CCCN(C)C4=O)CC2)cc1. The summed E-state index contributed by atoms with van der Waals surface area (Å²) in [5, 5.41) is 7.65. The highest BCUT2D eigenvalue weighted by molar-refractivity contribution is 5.92. The Morgan fingerprint density at radius 1 is 1.14 bits per heavy atom. The number of nitrogens with one attached hydrogen (secondary N) is 1. The van der Waals surface area contributed by atoms with Gasteiger partial charge in [0.2, 0.25) is 0 Å². The first kappa shape index (κ1) is 19.3. The summed E-state index contributed by atoms with van der Waals surface area (Å²) in [6.45, 7) is 2.87. The zero-order valence-electron chi connectivity index (χ0n) is 16.9. The molecule has 0 atom stereocenters. The Hall–Kier alpha value is -3.03. The number of urea groups is 1.